The number of thiophene rings is 1. The van der Waals surface area contributed by atoms with Gasteiger partial charge >= 0.3 is 6.03 Å². The third-order valence-corrected chi connectivity index (χ3v) is 5.82. The molecule has 1 atom stereocenters. The van der Waals surface area contributed by atoms with Gasteiger partial charge in [0.25, 0.3) is 5.91 Å². The van der Waals surface area contributed by atoms with Crippen LogP contribution in [0.5, 0.6) is 0 Å². The molecule has 1 aromatic carbocycles. The van der Waals surface area contributed by atoms with Crippen LogP contribution < -0.4 is 10.6 Å². The number of nitrogens with one attached hydrogen (secondary N) is 2. The van der Waals surface area contributed by atoms with Gasteiger partial charge in [-0.25, -0.2) is 13.6 Å². The van der Waals surface area contributed by atoms with Gasteiger partial charge in [0.05, 0.1) is 0 Å². The lowest BCUT2D eigenvalue weighted by atomic mass is 9.80. The molecule has 6 nitrogen and oxygen atoms in total. The zero-order valence-corrected chi connectivity index (χ0v) is 14.9. The van der Waals surface area contributed by atoms with E-state index in [0.717, 1.165) is 40.3 Å². The van der Waals surface area contributed by atoms with Gasteiger partial charge in [0.2, 0.25) is 5.91 Å². The predicted molar refractivity (Wildman–Crippen MR) is 94.2 cm³/mol. The number of imide groups is 1. The number of fused-ring (bicyclic) bond motifs is 2. The third kappa shape index (κ3) is 2.87. The lowest BCUT2D eigenvalue weighted by Gasteiger charge is -2.31. The van der Waals surface area contributed by atoms with Gasteiger partial charge in [-0.3, -0.25) is 14.5 Å². The van der Waals surface area contributed by atoms with E-state index in [4.69, 9.17) is 0 Å². The Bertz CT molecular complexity index is 961. The Morgan fingerprint density at radius 3 is 2.85 bits per heavy atom. The minimum Gasteiger partial charge on any atom is -0.324 e. The van der Waals surface area contributed by atoms with E-state index in [-0.39, 0.29) is 5.69 Å². The second-order valence-electron chi connectivity index (χ2n) is 6.51. The lowest BCUT2D eigenvalue weighted by Crippen LogP contribution is -2.46. The molecule has 9 heteroatoms. The minimum absolute atomic E-state index is 0.0402. The molecule has 1 spiro atoms. The van der Waals surface area contributed by atoms with Crippen molar-refractivity contribution >= 4 is 34.9 Å². The summed E-state index contributed by atoms with van der Waals surface area (Å²) in [4.78, 5) is 39.5. The second kappa shape index (κ2) is 6.41. The molecule has 1 fully saturated rings. The fraction of sp³-hybridized carbons (Fsp3) is 0.278. The highest BCUT2D eigenvalue weighted by Gasteiger charge is 2.54. The minimum atomic E-state index is -1.12. The van der Waals surface area contributed by atoms with E-state index in [1.165, 1.54) is 6.07 Å². The molecule has 4 rings (SSSR count). The maximum Gasteiger partial charge on any atom is 0.325 e. The summed E-state index contributed by atoms with van der Waals surface area (Å²) in [6, 6.07) is 4.11. The predicted octanol–water partition coefficient (Wildman–Crippen LogP) is 2.75. The van der Waals surface area contributed by atoms with Crippen molar-refractivity contribution < 1.29 is 23.2 Å². The average Bonchev–Trinajstić information content (AvgIpc) is 3.19. The van der Waals surface area contributed by atoms with E-state index in [2.05, 4.69) is 10.6 Å². The zero-order chi connectivity index (χ0) is 19.2. The van der Waals surface area contributed by atoms with Crippen LogP contribution in [0.25, 0.3) is 0 Å². The number of urea groups is 1. The van der Waals surface area contributed by atoms with Crippen molar-refractivity contribution in [2.75, 3.05) is 11.9 Å². The molecule has 1 saturated heterocycles. The number of aryl methyl sites for hydroxylation is 1. The number of nitrogens with zero attached hydrogens (tertiary/aromatic N) is 1. The van der Waals surface area contributed by atoms with Gasteiger partial charge < -0.3 is 10.6 Å². The highest BCUT2D eigenvalue weighted by Crippen LogP contribution is 2.42. The lowest BCUT2D eigenvalue weighted by molar-refractivity contribution is -0.134. The van der Waals surface area contributed by atoms with Gasteiger partial charge in [-0.15, -0.1) is 11.3 Å². The van der Waals surface area contributed by atoms with E-state index in [9.17, 15) is 23.2 Å². The molecule has 1 aromatic heterocycles. The molecule has 140 valence electrons. The third-order valence-electron chi connectivity index (χ3n) is 4.84. The summed E-state index contributed by atoms with van der Waals surface area (Å²) in [6.07, 6.45) is 2.09. The van der Waals surface area contributed by atoms with E-state index in [1.54, 1.807) is 11.3 Å². The summed E-state index contributed by atoms with van der Waals surface area (Å²) in [5.74, 6) is -3.28. The summed E-state index contributed by atoms with van der Waals surface area (Å²) in [5.41, 5.74) is -0.286. The Hall–Kier alpha value is -2.81. The molecule has 2 aliphatic rings. The van der Waals surface area contributed by atoms with Crippen molar-refractivity contribution in [3.63, 3.8) is 0 Å². The summed E-state index contributed by atoms with van der Waals surface area (Å²) in [6.45, 7) is -0.509. The average molecular weight is 391 g/mol. The van der Waals surface area contributed by atoms with Gasteiger partial charge in [-0.2, -0.15) is 0 Å². The van der Waals surface area contributed by atoms with Crippen LogP contribution in [0.2, 0.25) is 0 Å². The molecule has 0 bridgehead atoms. The van der Waals surface area contributed by atoms with Crippen molar-refractivity contribution in [3.8, 4) is 0 Å². The number of benzene rings is 1. The Morgan fingerprint density at radius 1 is 1.26 bits per heavy atom. The topological polar surface area (TPSA) is 78.5 Å². The van der Waals surface area contributed by atoms with Crippen molar-refractivity contribution in [1.82, 2.24) is 10.2 Å². The van der Waals surface area contributed by atoms with Gasteiger partial charge in [-0.05, 0) is 42.8 Å². The molecule has 0 radical (unpaired) electrons. The summed E-state index contributed by atoms with van der Waals surface area (Å²) in [7, 11) is 0. The van der Waals surface area contributed by atoms with Crippen LogP contribution in [-0.4, -0.2) is 29.3 Å². The monoisotopic (exact) mass is 391 g/mol. The van der Waals surface area contributed by atoms with E-state index in [0.29, 0.717) is 6.42 Å². The highest BCUT2D eigenvalue weighted by molar-refractivity contribution is 7.10. The number of amides is 4. The van der Waals surface area contributed by atoms with Gasteiger partial charge in [0.1, 0.15) is 12.1 Å². The highest BCUT2D eigenvalue weighted by atomic mass is 32.1. The molecular weight excluding hydrogens is 376 g/mol. The molecule has 1 aliphatic carbocycles. The van der Waals surface area contributed by atoms with Crippen LogP contribution >= 0.6 is 11.3 Å². The molecule has 4 amide bonds. The molecule has 27 heavy (non-hydrogen) atoms. The molecular formula is C18H15F2N3O3S. The Balaban J connectivity index is 1.52. The van der Waals surface area contributed by atoms with Gasteiger partial charge in [0.15, 0.2) is 11.6 Å². The Kier molecular flexibility index (Phi) is 4.18. The maximum absolute atomic E-state index is 13.3. The standard InChI is InChI=1S/C18H15F2N3O3S/c19-12-4-3-10(8-13(12)20)21-15(24)9-23-16(25)18(22-17(23)26)6-1-2-14-11(18)5-7-27-14/h3-5,7-8H,1-2,6,9H2,(H,21,24)(H,22,26)/t18-/m0/s1. The number of rotatable bonds is 3. The molecule has 2 heterocycles. The second-order valence-corrected chi connectivity index (χ2v) is 7.52. The Labute approximate surface area is 157 Å². The zero-order valence-electron chi connectivity index (χ0n) is 14.1. The molecule has 0 saturated carbocycles. The molecule has 0 unspecified atom stereocenters. The smallest absolute Gasteiger partial charge is 0.324 e. The fourth-order valence-corrected chi connectivity index (χ4v) is 4.60. The number of halogens is 2. The van der Waals surface area contributed by atoms with Crippen LogP contribution in [-0.2, 0) is 21.5 Å². The normalized spacial score (nSPS) is 21.3. The number of carbonyl (C=O) groups is 3. The molecule has 1 aliphatic heterocycles. The summed E-state index contributed by atoms with van der Waals surface area (Å²) < 4.78 is 26.2. The first-order valence-electron chi connectivity index (χ1n) is 8.36. The van der Waals surface area contributed by atoms with Crippen LogP contribution in [0.15, 0.2) is 29.6 Å². The van der Waals surface area contributed by atoms with Crippen molar-refractivity contribution in [1.29, 1.82) is 0 Å². The van der Waals surface area contributed by atoms with Gasteiger partial charge in [-0.1, -0.05) is 0 Å². The van der Waals surface area contributed by atoms with Crippen LogP contribution in [0.4, 0.5) is 19.3 Å². The Morgan fingerprint density at radius 2 is 2.07 bits per heavy atom. The maximum atomic E-state index is 13.3. The van der Waals surface area contributed by atoms with E-state index < -0.39 is 41.6 Å². The number of anilines is 1. The van der Waals surface area contributed by atoms with Crippen LogP contribution in [0.3, 0.4) is 0 Å². The van der Waals surface area contributed by atoms with Crippen molar-refractivity contribution in [3.05, 3.63) is 51.7 Å². The quantitative estimate of drug-likeness (QED) is 0.790. The van der Waals surface area contributed by atoms with Crippen molar-refractivity contribution in [2.45, 2.75) is 24.8 Å². The van der Waals surface area contributed by atoms with Gasteiger partial charge in [0, 0.05) is 22.2 Å². The first-order valence-corrected chi connectivity index (χ1v) is 9.24. The SMILES string of the molecule is O=C(CN1C(=O)N[C@]2(CCCc3sccc32)C1=O)Nc1ccc(F)c(F)c1. The summed E-state index contributed by atoms with van der Waals surface area (Å²) >= 11 is 1.54. The number of hydrogen-bond acceptors (Lipinski definition) is 4. The van der Waals surface area contributed by atoms with Crippen molar-refractivity contribution in [2.24, 2.45) is 0 Å². The molecule has 2 aromatic rings. The van der Waals surface area contributed by atoms with E-state index in [1.807, 2.05) is 11.4 Å². The largest absolute Gasteiger partial charge is 0.325 e. The molecule has 2 N–H and O–H groups in total. The van der Waals surface area contributed by atoms with Crippen LogP contribution in [0.1, 0.15) is 23.3 Å². The number of hydrogen-bond donors (Lipinski definition) is 2. The fourth-order valence-electron chi connectivity index (χ4n) is 3.60. The first-order chi connectivity index (χ1) is 12.9. The van der Waals surface area contributed by atoms with E-state index >= 15 is 0 Å². The summed E-state index contributed by atoms with van der Waals surface area (Å²) in [5, 5.41) is 7.00. The number of carbonyl (C=O) groups excluding carboxylic acids is 3. The van der Waals surface area contributed by atoms with Crippen LogP contribution in [0, 0.1) is 11.6 Å². The first kappa shape index (κ1) is 17.6.